The maximum absolute atomic E-state index is 9.90. The van der Waals surface area contributed by atoms with Crippen molar-refractivity contribution in [3.05, 3.63) is 0 Å². The quantitative estimate of drug-likeness (QED) is 0.759. The van der Waals surface area contributed by atoms with E-state index in [4.69, 9.17) is 0 Å². The first-order valence-electron chi connectivity index (χ1n) is 5.79. The maximum Gasteiger partial charge on any atom is 3.00 e. The molecule has 97 valence electrons. The first-order chi connectivity index (χ1) is 6.81. The van der Waals surface area contributed by atoms with Crippen molar-refractivity contribution in [1.29, 1.82) is 0 Å². The Labute approximate surface area is 120 Å². The normalized spacial score (nSPS) is 14.1. The van der Waals surface area contributed by atoms with Crippen molar-refractivity contribution >= 4 is 0 Å². The van der Waals surface area contributed by atoms with Crippen molar-refractivity contribution < 1.29 is 41.5 Å². The van der Waals surface area contributed by atoms with Crippen LogP contribution in [0, 0.1) is 0 Å². The first kappa shape index (κ1) is 25.6. The fraction of sp³-hybridized carbons (Fsp3) is 1.00. The Kier molecular flexibility index (Phi) is 33.7. The largest absolute Gasteiger partial charge is 3.00 e. The molecule has 0 aromatic rings. The van der Waals surface area contributed by atoms with Crippen LogP contribution in [-0.2, 0) is 26.2 Å². The summed E-state index contributed by atoms with van der Waals surface area (Å²) in [7, 11) is 0. The van der Waals surface area contributed by atoms with Gasteiger partial charge in [-0.15, -0.1) is 18.3 Å². The van der Waals surface area contributed by atoms with E-state index in [1.807, 2.05) is 20.8 Å². The average molecular weight is 311 g/mol. The van der Waals surface area contributed by atoms with Gasteiger partial charge in [-0.3, -0.25) is 0 Å². The van der Waals surface area contributed by atoms with Gasteiger partial charge in [-0.05, 0) is 0 Å². The van der Waals surface area contributed by atoms with Gasteiger partial charge in [0.1, 0.15) is 0 Å². The van der Waals surface area contributed by atoms with E-state index >= 15 is 0 Å². The van der Waals surface area contributed by atoms with Gasteiger partial charge in [-0.2, -0.15) is 0 Å². The molecular weight excluding hydrogens is 283 g/mol. The smallest absolute Gasteiger partial charge is 0.852 e. The molecule has 0 N–H and O–H groups in total. The van der Waals surface area contributed by atoms with Gasteiger partial charge in [0.25, 0.3) is 0 Å². The minimum Gasteiger partial charge on any atom is -0.852 e. The topological polar surface area (TPSA) is 69.2 Å². The van der Waals surface area contributed by atoms with E-state index < -0.39 is 0 Å². The predicted octanol–water partition coefficient (Wildman–Crippen LogP) is 0.433. The molecule has 0 aliphatic rings. The van der Waals surface area contributed by atoms with Gasteiger partial charge >= 0.3 is 26.2 Å². The Bertz CT molecular complexity index is 77.2. The molecule has 3 unspecified atom stereocenters. The van der Waals surface area contributed by atoms with Gasteiger partial charge in [0.05, 0.1) is 0 Å². The fourth-order valence-electron chi connectivity index (χ4n) is 0. The summed E-state index contributed by atoms with van der Waals surface area (Å²) in [6, 6.07) is 0. The Morgan fingerprint density at radius 1 is 0.625 bits per heavy atom. The zero-order valence-corrected chi connectivity index (χ0v) is 14.0. The van der Waals surface area contributed by atoms with Crippen molar-refractivity contribution in [2.75, 3.05) is 0 Å². The van der Waals surface area contributed by atoms with Crippen LogP contribution in [0.15, 0.2) is 0 Å². The van der Waals surface area contributed by atoms with Crippen molar-refractivity contribution in [3.8, 4) is 0 Å². The van der Waals surface area contributed by atoms with Gasteiger partial charge in [0.2, 0.25) is 0 Å². The first-order valence-corrected chi connectivity index (χ1v) is 5.79. The van der Waals surface area contributed by atoms with Crippen LogP contribution >= 0.6 is 0 Å². The zero-order valence-electron chi connectivity index (χ0n) is 11.6. The summed E-state index contributed by atoms with van der Waals surface area (Å²) in [4.78, 5) is 0. The molecule has 0 rings (SSSR count). The maximum atomic E-state index is 9.90. The van der Waals surface area contributed by atoms with Crippen molar-refractivity contribution in [2.45, 2.75) is 79.1 Å². The van der Waals surface area contributed by atoms with E-state index in [0.717, 1.165) is 19.3 Å². The van der Waals surface area contributed by atoms with E-state index in [2.05, 4.69) is 0 Å². The third-order valence-electron chi connectivity index (χ3n) is 1.72. The summed E-state index contributed by atoms with van der Waals surface area (Å²) in [5, 5.41) is 29.7. The van der Waals surface area contributed by atoms with Crippen LogP contribution in [0.25, 0.3) is 0 Å². The van der Waals surface area contributed by atoms with Crippen LogP contribution in [0.4, 0.5) is 0 Å². The SMILES string of the molecule is CCC(C)[O-].CCC(C)[O-].CCC(C)[O-].[Zr+3]. The molecule has 1 radical (unpaired) electrons. The molecule has 0 saturated heterocycles. The second-order valence-electron chi connectivity index (χ2n) is 3.66. The van der Waals surface area contributed by atoms with Crippen molar-refractivity contribution in [3.63, 3.8) is 0 Å². The summed E-state index contributed by atoms with van der Waals surface area (Å²) in [6.07, 6.45) is 1.15. The fourth-order valence-corrected chi connectivity index (χ4v) is 0. The standard InChI is InChI=1S/3C4H9O.Zr/c3*1-3-4(2)5;/h3*4H,3H2,1-2H3;/q3*-1;+3. The molecule has 0 heterocycles. The minimum absolute atomic E-state index is 0. The van der Waals surface area contributed by atoms with Crippen LogP contribution in [0.3, 0.4) is 0 Å². The molecule has 0 bridgehead atoms. The minimum atomic E-state index is -0.366. The molecule has 0 spiro atoms. The van der Waals surface area contributed by atoms with Gasteiger partial charge in [0, 0.05) is 0 Å². The molecule has 0 aliphatic heterocycles. The van der Waals surface area contributed by atoms with E-state index in [1.54, 1.807) is 20.8 Å². The molecule has 0 saturated carbocycles. The van der Waals surface area contributed by atoms with E-state index in [9.17, 15) is 15.3 Å². The molecule has 0 fully saturated rings. The van der Waals surface area contributed by atoms with Crippen molar-refractivity contribution in [1.82, 2.24) is 0 Å². The monoisotopic (exact) mass is 309 g/mol. The molecule has 3 nitrogen and oxygen atoms in total. The van der Waals surface area contributed by atoms with Gasteiger partial charge in [0.15, 0.2) is 0 Å². The van der Waals surface area contributed by atoms with Crippen LogP contribution in [0.5, 0.6) is 0 Å². The van der Waals surface area contributed by atoms with Gasteiger partial charge in [-0.25, -0.2) is 0 Å². The van der Waals surface area contributed by atoms with E-state index in [1.165, 1.54) is 0 Å². The Morgan fingerprint density at radius 2 is 0.688 bits per heavy atom. The van der Waals surface area contributed by atoms with Gasteiger partial charge in [-0.1, -0.05) is 60.8 Å². The molecule has 0 aliphatic carbocycles. The molecule has 16 heavy (non-hydrogen) atoms. The number of rotatable bonds is 3. The Morgan fingerprint density at radius 3 is 0.688 bits per heavy atom. The van der Waals surface area contributed by atoms with Crippen LogP contribution < -0.4 is 15.3 Å². The van der Waals surface area contributed by atoms with Crippen LogP contribution in [0.1, 0.15) is 60.8 Å². The summed E-state index contributed by atoms with van der Waals surface area (Å²) in [5.41, 5.74) is 0. The third kappa shape index (κ3) is 61.1. The molecular formula is C12H27O3Zr. The number of hydrogen-bond donors (Lipinski definition) is 0. The molecule has 0 amide bonds. The van der Waals surface area contributed by atoms with Crippen LogP contribution in [-0.4, -0.2) is 18.3 Å². The Balaban J connectivity index is -0.0000000655. The summed E-state index contributed by atoms with van der Waals surface area (Å²) >= 11 is 0. The van der Waals surface area contributed by atoms with E-state index in [0.29, 0.717) is 0 Å². The second-order valence-corrected chi connectivity index (χ2v) is 3.66. The molecule has 0 aromatic heterocycles. The number of hydrogen-bond acceptors (Lipinski definition) is 3. The van der Waals surface area contributed by atoms with E-state index in [-0.39, 0.29) is 44.5 Å². The molecule has 0 aromatic carbocycles. The second kappa shape index (κ2) is 21.1. The zero-order chi connectivity index (χ0) is 12.9. The predicted molar refractivity (Wildman–Crippen MR) is 59.3 cm³/mol. The summed E-state index contributed by atoms with van der Waals surface area (Å²) in [5.74, 6) is 0. The molecule has 3 atom stereocenters. The van der Waals surface area contributed by atoms with Gasteiger partial charge < -0.3 is 15.3 Å². The van der Waals surface area contributed by atoms with Crippen LogP contribution in [0.2, 0.25) is 0 Å². The Hall–Kier alpha value is 0.763. The third-order valence-corrected chi connectivity index (χ3v) is 1.72. The summed E-state index contributed by atoms with van der Waals surface area (Å²) in [6.45, 7) is 10.7. The average Bonchev–Trinajstić information content (AvgIpc) is 2.19. The summed E-state index contributed by atoms with van der Waals surface area (Å²) < 4.78 is 0. The van der Waals surface area contributed by atoms with Crippen molar-refractivity contribution in [2.24, 2.45) is 0 Å². The molecule has 4 heteroatoms.